The Morgan fingerprint density at radius 1 is 1.26 bits per heavy atom. The van der Waals surface area contributed by atoms with Gasteiger partial charge in [-0.15, -0.1) is 24.0 Å². The van der Waals surface area contributed by atoms with Crippen LogP contribution < -0.4 is 10.6 Å². The second-order valence-electron chi connectivity index (χ2n) is 6.09. The second-order valence-corrected chi connectivity index (χ2v) is 6.09. The number of halogens is 1. The van der Waals surface area contributed by atoms with Gasteiger partial charge in [0.25, 0.3) is 0 Å². The van der Waals surface area contributed by atoms with E-state index in [1.807, 2.05) is 21.0 Å². The number of carbonyl (C=O) groups is 1. The fourth-order valence-electron chi connectivity index (χ4n) is 2.99. The molecular weight excluding hydrogens is 407 g/mol. The van der Waals surface area contributed by atoms with Gasteiger partial charge < -0.3 is 20.3 Å². The number of guanidine groups is 1. The van der Waals surface area contributed by atoms with Gasteiger partial charge in [0.05, 0.1) is 5.41 Å². The van der Waals surface area contributed by atoms with Crippen molar-refractivity contribution in [2.24, 2.45) is 10.4 Å². The van der Waals surface area contributed by atoms with Gasteiger partial charge >= 0.3 is 0 Å². The molecule has 1 aliphatic rings. The standard InChI is InChI=1S/C16H32N4O2.HI/c1-5-22-12-8-11-18-15(17-2)19-13-16(9-6-7-10-16)14(21)20(3)4;/h5-13H2,1-4H3,(H2,17,18,19);1H. The number of rotatable bonds is 8. The van der Waals surface area contributed by atoms with Crippen molar-refractivity contribution in [1.29, 1.82) is 0 Å². The first-order valence-corrected chi connectivity index (χ1v) is 8.30. The summed E-state index contributed by atoms with van der Waals surface area (Å²) in [5, 5.41) is 6.60. The van der Waals surface area contributed by atoms with Gasteiger partial charge in [0.2, 0.25) is 5.91 Å². The summed E-state index contributed by atoms with van der Waals surface area (Å²) < 4.78 is 5.31. The molecule has 0 unspecified atom stereocenters. The minimum Gasteiger partial charge on any atom is -0.382 e. The summed E-state index contributed by atoms with van der Waals surface area (Å²) in [5.74, 6) is 0.985. The van der Waals surface area contributed by atoms with Gasteiger partial charge in [0, 0.05) is 47.4 Å². The van der Waals surface area contributed by atoms with Crippen LogP contribution in [0.5, 0.6) is 0 Å². The number of ether oxygens (including phenoxy) is 1. The summed E-state index contributed by atoms with van der Waals surface area (Å²) in [6, 6.07) is 0. The smallest absolute Gasteiger partial charge is 0.230 e. The van der Waals surface area contributed by atoms with Gasteiger partial charge in [-0.05, 0) is 26.2 Å². The molecule has 0 saturated heterocycles. The fourth-order valence-corrected chi connectivity index (χ4v) is 2.99. The summed E-state index contributed by atoms with van der Waals surface area (Å²) in [6.07, 6.45) is 5.11. The SMILES string of the molecule is CCOCCCNC(=NC)NCC1(C(=O)N(C)C)CCCC1.I. The molecule has 136 valence electrons. The summed E-state index contributed by atoms with van der Waals surface area (Å²) >= 11 is 0. The first-order valence-electron chi connectivity index (χ1n) is 8.30. The Balaban J connectivity index is 0.00000484. The highest BCUT2D eigenvalue weighted by Crippen LogP contribution is 2.38. The summed E-state index contributed by atoms with van der Waals surface area (Å²) in [4.78, 5) is 18.5. The van der Waals surface area contributed by atoms with E-state index >= 15 is 0 Å². The predicted octanol–water partition coefficient (Wildman–Crippen LogP) is 1.84. The number of carbonyl (C=O) groups excluding carboxylic acids is 1. The van der Waals surface area contributed by atoms with Gasteiger partial charge in [0.1, 0.15) is 0 Å². The lowest BCUT2D eigenvalue weighted by molar-refractivity contribution is -0.138. The number of nitrogens with one attached hydrogen (secondary N) is 2. The summed E-state index contributed by atoms with van der Waals surface area (Å²) in [5.41, 5.74) is -0.271. The van der Waals surface area contributed by atoms with Crippen LogP contribution in [0.25, 0.3) is 0 Å². The maximum absolute atomic E-state index is 12.5. The van der Waals surface area contributed by atoms with E-state index in [1.165, 1.54) is 0 Å². The third-order valence-electron chi connectivity index (χ3n) is 4.20. The van der Waals surface area contributed by atoms with Crippen LogP contribution in [0.2, 0.25) is 0 Å². The first-order chi connectivity index (χ1) is 10.6. The van der Waals surface area contributed by atoms with Crippen molar-refractivity contribution < 1.29 is 9.53 Å². The van der Waals surface area contributed by atoms with Crippen molar-refractivity contribution >= 4 is 35.8 Å². The molecule has 0 aromatic carbocycles. The predicted molar refractivity (Wildman–Crippen MR) is 105 cm³/mol. The van der Waals surface area contributed by atoms with Crippen molar-refractivity contribution in [3.63, 3.8) is 0 Å². The van der Waals surface area contributed by atoms with Crippen LogP contribution in [0.3, 0.4) is 0 Å². The fraction of sp³-hybridized carbons (Fsp3) is 0.875. The van der Waals surface area contributed by atoms with Crippen LogP contribution in [-0.4, -0.2) is 64.2 Å². The van der Waals surface area contributed by atoms with E-state index in [-0.39, 0.29) is 35.3 Å². The molecule has 0 atom stereocenters. The van der Waals surface area contributed by atoms with E-state index in [4.69, 9.17) is 4.74 Å². The zero-order chi connectivity index (χ0) is 16.4. The Hall–Kier alpha value is -0.570. The Labute approximate surface area is 157 Å². The van der Waals surface area contributed by atoms with E-state index < -0.39 is 0 Å². The lowest BCUT2D eigenvalue weighted by Gasteiger charge is -2.31. The largest absolute Gasteiger partial charge is 0.382 e. The minimum atomic E-state index is -0.271. The normalized spacial score (nSPS) is 16.6. The molecule has 1 rings (SSSR count). The highest BCUT2D eigenvalue weighted by Gasteiger charge is 2.42. The topological polar surface area (TPSA) is 66.0 Å². The molecular formula is C16H33IN4O2. The Morgan fingerprint density at radius 3 is 2.43 bits per heavy atom. The number of nitrogens with zero attached hydrogens (tertiary/aromatic N) is 2. The number of aliphatic imine (C=N–C) groups is 1. The van der Waals surface area contributed by atoms with Crippen LogP contribution in [0.15, 0.2) is 4.99 Å². The molecule has 6 nitrogen and oxygen atoms in total. The van der Waals surface area contributed by atoms with Gasteiger partial charge in [-0.25, -0.2) is 0 Å². The number of hydrogen-bond donors (Lipinski definition) is 2. The lowest BCUT2D eigenvalue weighted by atomic mass is 9.84. The molecule has 0 radical (unpaired) electrons. The Morgan fingerprint density at radius 2 is 1.91 bits per heavy atom. The zero-order valence-corrected chi connectivity index (χ0v) is 17.3. The minimum absolute atomic E-state index is 0. The Kier molecular flexibility index (Phi) is 11.6. The van der Waals surface area contributed by atoms with Crippen molar-refractivity contribution in [3.05, 3.63) is 0 Å². The molecule has 0 bridgehead atoms. The van der Waals surface area contributed by atoms with Crippen LogP contribution in [-0.2, 0) is 9.53 Å². The molecule has 1 aliphatic carbocycles. The van der Waals surface area contributed by atoms with E-state index in [0.717, 1.165) is 57.8 Å². The van der Waals surface area contributed by atoms with E-state index in [0.29, 0.717) is 6.54 Å². The van der Waals surface area contributed by atoms with Crippen molar-refractivity contribution in [1.82, 2.24) is 15.5 Å². The van der Waals surface area contributed by atoms with E-state index in [1.54, 1.807) is 11.9 Å². The van der Waals surface area contributed by atoms with Gasteiger partial charge in [-0.3, -0.25) is 9.79 Å². The van der Waals surface area contributed by atoms with Crippen molar-refractivity contribution in [3.8, 4) is 0 Å². The molecule has 1 amide bonds. The van der Waals surface area contributed by atoms with Crippen LogP contribution in [0.1, 0.15) is 39.0 Å². The molecule has 0 aromatic rings. The third-order valence-corrected chi connectivity index (χ3v) is 4.20. The summed E-state index contributed by atoms with van der Waals surface area (Å²) in [6.45, 7) is 4.96. The number of amides is 1. The molecule has 2 N–H and O–H groups in total. The van der Waals surface area contributed by atoms with E-state index in [9.17, 15) is 4.79 Å². The first kappa shape index (κ1) is 22.4. The van der Waals surface area contributed by atoms with Gasteiger partial charge in [-0.1, -0.05) is 12.8 Å². The average molecular weight is 440 g/mol. The second kappa shape index (κ2) is 11.9. The molecule has 0 heterocycles. The molecule has 0 aliphatic heterocycles. The molecule has 0 aromatic heterocycles. The van der Waals surface area contributed by atoms with Crippen molar-refractivity contribution in [2.45, 2.75) is 39.0 Å². The monoisotopic (exact) mass is 440 g/mol. The third kappa shape index (κ3) is 7.24. The zero-order valence-electron chi connectivity index (χ0n) is 15.0. The maximum Gasteiger partial charge on any atom is 0.230 e. The van der Waals surface area contributed by atoms with Crippen LogP contribution in [0, 0.1) is 5.41 Å². The highest BCUT2D eigenvalue weighted by molar-refractivity contribution is 14.0. The Bertz CT molecular complexity index is 369. The van der Waals surface area contributed by atoms with Gasteiger partial charge in [0.15, 0.2) is 5.96 Å². The average Bonchev–Trinajstić information content (AvgIpc) is 2.99. The van der Waals surface area contributed by atoms with Gasteiger partial charge in [-0.2, -0.15) is 0 Å². The maximum atomic E-state index is 12.5. The van der Waals surface area contributed by atoms with Crippen LogP contribution >= 0.6 is 24.0 Å². The quantitative estimate of drug-likeness (QED) is 0.262. The molecule has 0 spiro atoms. The molecule has 1 saturated carbocycles. The van der Waals surface area contributed by atoms with E-state index in [2.05, 4.69) is 15.6 Å². The van der Waals surface area contributed by atoms with Crippen LogP contribution in [0.4, 0.5) is 0 Å². The molecule has 23 heavy (non-hydrogen) atoms. The molecule has 7 heteroatoms. The van der Waals surface area contributed by atoms with Crippen molar-refractivity contribution in [2.75, 3.05) is 47.4 Å². The lowest BCUT2D eigenvalue weighted by Crippen LogP contribution is -2.49. The summed E-state index contributed by atoms with van der Waals surface area (Å²) in [7, 11) is 5.43. The highest BCUT2D eigenvalue weighted by atomic mass is 127. The molecule has 1 fully saturated rings. The number of hydrogen-bond acceptors (Lipinski definition) is 3.